The lowest BCUT2D eigenvalue weighted by Crippen LogP contribution is -2.27. The molecule has 2 amide bonds. The molecule has 1 saturated heterocycles. The Kier molecular flexibility index (Phi) is 4.52. The van der Waals surface area contributed by atoms with Gasteiger partial charge in [-0.05, 0) is 35.5 Å². The van der Waals surface area contributed by atoms with Crippen molar-refractivity contribution in [3.63, 3.8) is 0 Å². The maximum atomic E-state index is 12.0. The standard InChI is InChI=1S/C14H12ClNO3S/c1-3-6-16-13(17)12(20-14(16)18)8-9-4-5-11(19-2)10(15)7-9/h3-5,7-8H,1,6H2,2H3. The quantitative estimate of drug-likeness (QED) is 0.630. The van der Waals surface area contributed by atoms with Gasteiger partial charge in [0.1, 0.15) is 5.75 Å². The lowest BCUT2D eigenvalue weighted by molar-refractivity contribution is -0.122. The average Bonchev–Trinajstić information content (AvgIpc) is 2.67. The van der Waals surface area contributed by atoms with Crippen LogP contribution in [0.2, 0.25) is 5.02 Å². The number of carbonyl (C=O) groups is 2. The van der Waals surface area contributed by atoms with Gasteiger partial charge in [-0.3, -0.25) is 14.5 Å². The highest BCUT2D eigenvalue weighted by Gasteiger charge is 2.33. The fourth-order valence-electron chi connectivity index (χ4n) is 1.71. The molecule has 1 heterocycles. The van der Waals surface area contributed by atoms with E-state index < -0.39 is 0 Å². The van der Waals surface area contributed by atoms with Gasteiger partial charge in [0.25, 0.3) is 11.1 Å². The van der Waals surface area contributed by atoms with Crippen LogP contribution in [0.15, 0.2) is 35.8 Å². The van der Waals surface area contributed by atoms with Crippen LogP contribution in [0.5, 0.6) is 5.75 Å². The molecule has 0 atom stereocenters. The minimum atomic E-state index is -0.313. The smallest absolute Gasteiger partial charge is 0.293 e. The number of thioether (sulfide) groups is 1. The molecular formula is C14H12ClNO3S. The summed E-state index contributed by atoms with van der Waals surface area (Å²) < 4.78 is 5.06. The number of hydrogen-bond acceptors (Lipinski definition) is 4. The molecule has 20 heavy (non-hydrogen) atoms. The van der Waals surface area contributed by atoms with Gasteiger partial charge in [-0.2, -0.15) is 0 Å². The molecule has 1 aromatic rings. The summed E-state index contributed by atoms with van der Waals surface area (Å²) in [5.74, 6) is 0.246. The topological polar surface area (TPSA) is 46.6 Å². The summed E-state index contributed by atoms with van der Waals surface area (Å²) in [6, 6.07) is 5.16. The summed E-state index contributed by atoms with van der Waals surface area (Å²) in [5.41, 5.74) is 0.736. The van der Waals surface area contributed by atoms with Crippen molar-refractivity contribution in [3.8, 4) is 5.75 Å². The van der Waals surface area contributed by atoms with Gasteiger partial charge in [0, 0.05) is 6.54 Å². The number of imide groups is 1. The summed E-state index contributed by atoms with van der Waals surface area (Å²) in [5, 5.41) is 0.160. The number of halogens is 1. The third-order valence-corrected chi connectivity index (χ3v) is 3.86. The lowest BCUT2D eigenvalue weighted by atomic mass is 10.2. The molecule has 0 spiro atoms. The van der Waals surface area contributed by atoms with E-state index in [2.05, 4.69) is 6.58 Å². The molecule has 6 heteroatoms. The van der Waals surface area contributed by atoms with Crippen LogP contribution < -0.4 is 4.74 Å². The number of amides is 2. The molecule has 0 radical (unpaired) electrons. The van der Waals surface area contributed by atoms with Gasteiger partial charge in [0.15, 0.2) is 0 Å². The SMILES string of the molecule is C=CCN1C(=O)SC(=Cc2ccc(OC)c(Cl)c2)C1=O. The lowest BCUT2D eigenvalue weighted by Gasteiger charge is -2.07. The fraction of sp³-hybridized carbons (Fsp3) is 0.143. The van der Waals surface area contributed by atoms with Crippen molar-refractivity contribution >= 4 is 40.6 Å². The van der Waals surface area contributed by atoms with Crippen molar-refractivity contribution in [1.29, 1.82) is 0 Å². The normalized spacial score (nSPS) is 16.9. The van der Waals surface area contributed by atoms with Gasteiger partial charge in [-0.1, -0.05) is 23.7 Å². The third-order valence-electron chi connectivity index (χ3n) is 2.66. The Hall–Kier alpha value is -1.72. The molecule has 1 fully saturated rings. The Morgan fingerprint density at radius 1 is 1.45 bits per heavy atom. The van der Waals surface area contributed by atoms with Crippen LogP contribution in [-0.4, -0.2) is 29.7 Å². The van der Waals surface area contributed by atoms with E-state index in [1.54, 1.807) is 24.3 Å². The molecular weight excluding hydrogens is 298 g/mol. The number of ether oxygens (including phenoxy) is 1. The first kappa shape index (κ1) is 14.7. The Bertz CT molecular complexity index is 612. The van der Waals surface area contributed by atoms with Crippen molar-refractivity contribution in [3.05, 3.63) is 46.3 Å². The van der Waals surface area contributed by atoms with Crippen LogP contribution in [0.1, 0.15) is 5.56 Å². The van der Waals surface area contributed by atoms with E-state index in [1.165, 1.54) is 13.2 Å². The van der Waals surface area contributed by atoms with Crippen LogP contribution in [-0.2, 0) is 4.79 Å². The molecule has 0 unspecified atom stereocenters. The molecule has 0 N–H and O–H groups in total. The van der Waals surface area contributed by atoms with E-state index >= 15 is 0 Å². The second-order valence-electron chi connectivity index (χ2n) is 3.97. The summed E-state index contributed by atoms with van der Waals surface area (Å²) >= 11 is 6.93. The molecule has 2 rings (SSSR count). The number of rotatable bonds is 4. The van der Waals surface area contributed by atoms with Crippen molar-refractivity contribution in [2.75, 3.05) is 13.7 Å². The van der Waals surface area contributed by atoms with E-state index in [0.29, 0.717) is 15.7 Å². The minimum absolute atomic E-state index is 0.214. The fourth-order valence-corrected chi connectivity index (χ4v) is 2.82. The number of hydrogen-bond donors (Lipinski definition) is 0. The van der Waals surface area contributed by atoms with E-state index in [1.807, 2.05) is 0 Å². The summed E-state index contributed by atoms with van der Waals surface area (Å²) in [6.07, 6.45) is 3.16. The highest BCUT2D eigenvalue weighted by molar-refractivity contribution is 8.18. The first-order valence-electron chi connectivity index (χ1n) is 5.76. The van der Waals surface area contributed by atoms with Crippen LogP contribution >= 0.6 is 23.4 Å². The number of carbonyl (C=O) groups excluding carboxylic acids is 2. The highest BCUT2D eigenvalue weighted by atomic mass is 35.5. The zero-order chi connectivity index (χ0) is 14.7. The van der Waals surface area contributed by atoms with Gasteiger partial charge in [0.2, 0.25) is 0 Å². The van der Waals surface area contributed by atoms with Crippen LogP contribution in [0, 0.1) is 0 Å². The second kappa shape index (κ2) is 6.15. The van der Waals surface area contributed by atoms with Gasteiger partial charge in [0.05, 0.1) is 17.0 Å². The van der Waals surface area contributed by atoms with Gasteiger partial charge in [-0.15, -0.1) is 6.58 Å². The van der Waals surface area contributed by atoms with Gasteiger partial charge < -0.3 is 4.74 Å². The molecule has 4 nitrogen and oxygen atoms in total. The molecule has 0 saturated carbocycles. The van der Waals surface area contributed by atoms with E-state index in [-0.39, 0.29) is 17.7 Å². The summed E-state index contributed by atoms with van der Waals surface area (Å²) in [4.78, 5) is 25.2. The van der Waals surface area contributed by atoms with Gasteiger partial charge in [-0.25, -0.2) is 0 Å². The monoisotopic (exact) mass is 309 g/mol. The zero-order valence-corrected chi connectivity index (χ0v) is 12.3. The van der Waals surface area contributed by atoms with E-state index in [9.17, 15) is 9.59 Å². The van der Waals surface area contributed by atoms with Crippen molar-refractivity contribution in [1.82, 2.24) is 4.90 Å². The highest BCUT2D eigenvalue weighted by Crippen LogP contribution is 2.33. The van der Waals surface area contributed by atoms with Gasteiger partial charge >= 0.3 is 0 Å². The summed E-state index contributed by atoms with van der Waals surface area (Å²) in [7, 11) is 1.53. The number of benzene rings is 1. The molecule has 1 aliphatic rings. The minimum Gasteiger partial charge on any atom is -0.495 e. The van der Waals surface area contributed by atoms with E-state index in [0.717, 1.165) is 22.2 Å². The van der Waals surface area contributed by atoms with Crippen LogP contribution in [0.25, 0.3) is 6.08 Å². The first-order chi connectivity index (χ1) is 9.56. The van der Waals surface area contributed by atoms with Crippen molar-refractivity contribution in [2.45, 2.75) is 0 Å². The van der Waals surface area contributed by atoms with Crippen LogP contribution in [0.3, 0.4) is 0 Å². The number of nitrogens with zero attached hydrogens (tertiary/aromatic N) is 1. The molecule has 0 bridgehead atoms. The average molecular weight is 310 g/mol. The molecule has 0 aromatic heterocycles. The predicted molar refractivity (Wildman–Crippen MR) is 80.9 cm³/mol. The molecule has 0 aliphatic carbocycles. The molecule has 104 valence electrons. The van der Waals surface area contributed by atoms with E-state index in [4.69, 9.17) is 16.3 Å². The Morgan fingerprint density at radius 2 is 2.20 bits per heavy atom. The Balaban J connectivity index is 2.28. The Labute approximate surface area is 126 Å². The molecule has 1 aromatic carbocycles. The third kappa shape index (κ3) is 2.89. The predicted octanol–water partition coefficient (Wildman–Crippen LogP) is 3.57. The van der Waals surface area contributed by atoms with Crippen molar-refractivity contribution in [2.24, 2.45) is 0 Å². The van der Waals surface area contributed by atoms with Crippen LogP contribution in [0.4, 0.5) is 4.79 Å². The second-order valence-corrected chi connectivity index (χ2v) is 5.38. The maximum Gasteiger partial charge on any atom is 0.293 e. The number of methoxy groups -OCH3 is 1. The summed E-state index contributed by atoms with van der Waals surface area (Å²) in [6.45, 7) is 3.74. The zero-order valence-electron chi connectivity index (χ0n) is 10.8. The largest absolute Gasteiger partial charge is 0.495 e. The first-order valence-corrected chi connectivity index (χ1v) is 6.96. The van der Waals surface area contributed by atoms with Crippen molar-refractivity contribution < 1.29 is 14.3 Å². The molecule has 1 aliphatic heterocycles. The maximum absolute atomic E-state index is 12.0. The Morgan fingerprint density at radius 3 is 2.80 bits per heavy atom.